The summed E-state index contributed by atoms with van der Waals surface area (Å²) in [7, 11) is 0. The molecule has 0 aliphatic rings. The number of carbonyl (C=O) groups is 1. The van der Waals surface area contributed by atoms with Crippen molar-refractivity contribution in [3.63, 3.8) is 0 Å². The van der Waals surface area contributed by atoms with Crippen molar-refractivity contribution in [3.8, 4) is 11.3 Å². The van der Waals surface area contributed by atoms with E-state index in [2.05, 4.69) is 100 Å². The second-order valence-corrected chi connectivity index (χ2v) is 13.7. The summed E-state index contributed by atoms with van der Waals surface area (Å²) in [4.78, 5) is 28.8. The Morgan fingerprint density at radius 3 is 2.19 bits per heavy atom. The first-order chi connectivity index (χ1) is 20.4. The number of hydrogen-bond donors (Lipinski definition) is 2. The van der Waals surface area contributed by atoms with Gasteiger partial charge in [-0.3, -0.25) is 14.8 Å². The molecule has 0 fully saturated rings. The Morgan fingerprint density at radius 2 is 1.58 bits per heavy atom. The van der Waals surface area contributed by atoms with Gasteiger partial charge < -0.3 is 15.2 Å². The number of pyridine rings is 2. The molecule has 6 nitrogen and oxygen atoms in total. The Kier molecular flexibility index (Phi) is 10.4. The number of amides is 1. The largest absolute Gasteiger partial charge is 0.353 e. The van der Waals surface area contributed by atoms with Crippen LogP contribution < -0.4 is 5.32 Å². The van der Waals surface area contributed by atoms with Gasteiger partial charge in [0.1, 0.15) is 0 Å². The SMILES string of the molecule is Cc1cc(C)cc(-c2[nH]c3cnc(C(C)(C)C(=O)N(CC(C)C)CC(C)C)cc3c2C(C)CNCCc2ccncc2)c1. The second kappa shape index (κ2) is 13.9. The van der Waals surface area contributed by atoms with Crippen molar-refractivity contribution in [2.24, 2.45) is 11.8 Å². The van der Waals surface area contributed by atoms with Crippen LogP contribution in [0.1, 0.15) is 82.3 Å². The minimum Gasteiger partial charge on any atom is -0.353 e. The van der Waals surface area contributed by atoms with Gasteiger partial charge in [0.25, 0.3) is 0 Å². The summed E-state index contributed by atoms with van der Waals surface area (Å²) >= 11 is 0. The maximum Gasteiger partial charge on any atom is 0.234 e. The number of benzene rings is 1. The Labute approximate surface area is 258 Å². The maximum absolute atomic E-state index is 14.0. The van der Waals surface area contributed by atoms with E-state index in [1.807, 2.05) is 37.3 Å². The van der Waals surface area contributed by atoms with E-state index in [0.717, 1.165) is 54.9 Å². The molecule has 0 aliphatic carbocycles. The van der Waals surface area contributed by atoms with Crippen LogP contribution >= 0.6 is 0 Å². The molecular weight excluding hydrogens is 530 g/mol. The van der Waals surface area contributed by atoms with Crippen LogP contribution in [0.2, 0.25) is 0 Å². The van der Waals surface area contributed by atoms with Crippen molar-refractivity contribution in [2.75, 3.05) is 26.2 Å². The molecular formula is C37H51N5O. The number of nitrogens with one attached hydrogen (secondary N) is 2. The standard InChI is InChI=1S/C37H51N5O/c1-24(2)22-42(23-25(3)4)36(43)37(8,9)33-19-31-32(21-40-33)41-35(30-17-26(5)16-27(6)18-30)34(31)28(7)20-39-15-12-29-10-13-38-14-11-29/h10-11,13-14,16-19,21,24-25,28,39,41H,12,15,20,22-23H2,1-9H3. The fraction of sp³-hybridized carbons (Fsp3) is 0.486. The highest BCUT2D eigenvalue weighted by Gasteiger charge is 2.36. The average Bonchev–Trinajstić information content (AvgIpc) is 3.33. The lowest BCUT2D eigenvalue weighted by Gasteiger charge is -2.34. The molecule has 0 aliphatic heterocycles. The van der Waals surface area contributed by atoms with Gasteiger partial charge in [0.15, 0.2) is 0 Å². The highest BCUT2D eigenvalue weighted by molar-refractivity contribution is 5.93. The van der Waals surface area contributed by atoms with Gasteiger partial charge in [-0.15, -0.1) is 0 Å². The molecule has 1 unspecified atom stereocenters. The number of rotatable bonds is 13. The molecule has 6 heteroatoms. The summed E-state index contributed by atoms with van der Waals surface area (Å²) in [5, 5.41) is 4.83. The highest BCUT2D eigenvalue weighted by atomic mass is 16.2. The van der Waals surface area contributed by atoms with Crippen LogP contribution in [0.5, 0.6) is 0 Å². The molecule has 2 N–H and O–H groups in total. The van der Waals surface area contributed by atoms with Crippen molar-refractivity contribution in [1.29, 1.82) is 0 Å². The molecule has 230 valence electrons. The van der Waals surface area contributed by atoms with E-state index in [0.29, 0.717) is 11.8 Å². The van der Waals surface area contributed by atoms with Crippen molar-refractivity contribution >= 4 is 16.8 Å². The second-order valence-electron chi connectivity index (χ2n) is 13.7. The summed E-state index contributed by atoms with van der Waals surface area (Å²) in [5.74, 6) is 1.17. The molecule has 4 aromatic rings. The minimum atomic E-state index is -0.751. The van der Waals surface area contributed by atoms with Crippen molar-refractivity contribution in [1.82, 2.24) is 25.2 Å². The lowest BCUT2D eigenvalue weighted by molar-refractivity contribution is -0.137. The van der Waals surface area contributed by atoms with Gasteiger partial charge in [0.2, 0.25) is 5.91 Å². The molecule has 0 bridgehead atoms. The number of aromatic amines is 1. The van der Waals surface area contributed by atoms with E-state index in [9.17, 15) is 4.79 Å². The van der Waals surface area contributed by atoms with E-state index in [1.165, 1.54) is 27.8 Å². The van der Waals surface area contributed by atoms with Gasteiger partial charge >= 0.3 is 0 Å². The van der Waals surface area contributed by atoms with E-state index >= 15 is 0 Å². The molecule has 0 spiro atoms. The Bertz CT molecular complexity index is 1490. The van der Waals surface area contributed by atoms with E-state index in [4.69, 9.17) is 4.98 Å². The van der Waals surface area contributed by atoms with Crippen LogP contribution in [0.15, 0.2) is 55.0 Å². The molecule has 0 saturated heterocycles. The number of aryl methyl sites for hydroxylation is 2. The van der Waals surface area contributed by atoms with Gasteiger partial charge in [-0.05, 0) is 105 Å². The molecule has 0 radical (unpaired) electrons. The maximum atomic E-state index is 14.0. The summed E-state index contributed by atoms with van der Waals surface area (Å²) in [6.45, 7) is 22.6. The first kappa shape index (κ1) is 32.4. The third kappa shape index (κ3) is 7.91. The van der Waals surface area contributed by atoms with E-state index < -0.39 is 5.41 Å². The Morgan fingerprint density at radius 1 is 0.953 bits per heavy atom. The van der Waals surface area contributed by atoms with E-state index in [-0.39, 0.29) is 11.8 Å². The molecule has 4 rings (SSSR count). The number of hydrogen-bond acceptors (Lipinski definition) is 4. The van der Waals surface area contributed by atoms with Gasteiger partial charge in [-0.1, -0.05) is 51.8 Å². The Balaban J connectivity index is 1.72. The number of H-pyrrole nitrogens is 1. The molecule has 1 amide bonds. The topological polar surface area (TPSA) is 73.9 Å². The van der Waals surface area contributed by atoms with Gasteiger partial charge in [0.05, 0.1) is 28.5 Å². The lowest BCUT2D eigenvalue weighted by Crippen LogP contribution is -2.46. The van der Waals surface area contributed by atoms with Crippen molar-refractivity contribution in [2.45, 2.75) is 80.1 Å². The van der Waals surface area contributed by atoms with Crippen molar-refractivity contribution < 1.29 is 4.79 Å². The third-order valence-corrected chi connectivity index (χ3v) is 8.15. The van der Waals surface area contributed by atoms with Crippen LogP contribution in [0.25, 0.3) is 22.2 Å². The number of nitrogens with zero attached hydrogens (tertiary/aromatic N) is 3. The number of aromatic nitrogens is 3. The Hall–Kier alpha value is -3.51. The normalized spacial score (nSPS) is 12.8. The van der Waals surface area contributed by atoms with Crippen LogP contribution in [0, 0.1) is 25.7 Å². The smallest absolute Gasteiger partial charge is 0.234 e. The fourth-order valence-electron chi connectivity index (χ4n) is 6.14. The summed E-state index contributed by atoms with van der Waals surface area (Å²) in [6.07, 6.45) is 6.58. The number of fused-ring (bicyclic) bond motifs is 1. The molecule has 3 aromatic heterocycles. The summed E-state index contributed by atoms with van der Waals surface area (Å²) in [5.41, 5.74) is 8.41. The quantitative estimate of drug-likeness (QED) is 0.160. The zero-order valence-corrected chi connectivity index (χ0v) is 27.7. The molecule has 0 saturated carbocycles. The zero-order chi connectivity index (χ0) is 31.3. The summed E-state index contributed by atoms with van der Waals surface area (Å²) in [6, 6.07) is 13.0. The molecule has 3 heterocycles. The van der Waals surface area contributed by atoms with Gasteiger partial charge in [0, 0.05) is 37.4 Å². The van der Waals surface area contributed by atoms with Crippen LogP contribution in [0.3, 0.4) is 0 Å². The molecule has 1 aromatic carbocycles. The molecule has 43 heavy (non-hydrogen) atoms. The first-order valence-corrected chi connectivity index (χ1v) is 15.9. The predicted octanol–water partition coefficient (Wildman–Crippen LogP) is 7.60. The van der Waals surface area contributed by atoms with E-state index in [1.54, 1.807) is 0 Å². The number of carbonyl (C=O) groups excluding carboxylic acids is 1. The zero-order valence-electron chi connectivity index (χ0n) is 27.7. The van der Waals surface area contributed by atoms with Crippen molar-refractivity contribution in [3.05, 3.63) is 82.9 Å². The lowest BCUT2D eigenvalue weighted by atomic mass is 9.85. The monoisotopic (exact) mass is 581 g/mol. The minimum absolute atomic E-state index is 0.138. The molecule has 1 atom stereocenters. The van der Waals surface area contributed by atoms with Crippen LogP contribution in [-0.4, -0.2) is 51.9 Å². The first-order valence-electron chi connectivity index (χ1n) is 15.9. The average molecular weight is 582 g/mol. The van der Waals surface area contributed by atoms with Gasteiger partial charge in [-0.2, -0.15) is 0 Å². The summed E-state index contributed by atoms with van der Waals surface area (Å²) < 4.78 is 0. The van der Waals surface area contributed by atoms with Crippen LogP contribution in [-0.2, 0) is 16.6 Å². The predicted molar refractivity (Wildman–Crippen MR) is 180 cm³/mol. The highest BCUT2D eigenvalue weighted by Crippen LogP contribution is 2.38. The van der Waals surface area contributed by atoms with Gasteiger partial charge in [-0.25, -0.2) is 0 Å². The fourth-order valence-corrected chi connectivity index (χ4v) is 6.14. The van der Waals surface area contributed by atoms with Crippen LogP contribution in [0.4, 0.5) is 0 Å². The third-order valence-electron chi connectivity index (χ3n) is 8.15.